The van der Waals surface area contributed by atoms with Gasteiger partial charge in [0.2, 0.25) is 5.88 Å². The van der Waals surface area contributed by atoms with Crippen LogP contribution in [0.4, 0.5) is 0 Å². The summed E-state index contributed by atoms with van der Waals surface area (Å²) in [6.45, 7) is 2.12. The van der Waals surface area contributed by atoms with E-state index in [4.69, 9.17) is 4.74 Å². The van der Waals surface area contributed by atoms with Crippen molar-refractivity contribution in [3.05, 3.63) is 60.6 Å². The number of aromatic nitrogens is 4. The van der Waals surface area contributed by atoms with Crippen LogP contribution in [0.1, 0.15) is 23.2 Å². The number of rotatable bonds is 4. The highest BCUT2D eigenvalue weighted by atomic mass is 16.5. The minimum absolute atomic E-state index is 0.119. The Morgan fingerprint density at radius 2 is 2.00 bits per heavy atom. The predicted molar refractivity (Wildman–Crippen MR) is 110 cm³/mol. The second-order valence-electron chi connectivity index (χ2n) is 7.62. The SMILES string of the molecule is Cn1cc(C(=O)N2CCC(COc3ccc4nccn4n3)CC2)c2ccccc21. The lowest BCUT2D eigenvalue weighted by Crippen LogP contribution is -2.39. The largest absolute Gasteiger partial charge is 0.476 e. The van der Waals surface area contributed by atoms with Crippen LogP contribution < -0.4 is 4.74 Å². The van der Waals surface area contributed by atoms with E-state index in [0.29, 0.717) is 18.4 Å². The van der Waals surface area contributed by atoms with E-state index < -0.39 is 0 Å². The van der Waals surface area contributed by atoms with Gasteiger partial charge in [0, 0.05) is 55.7 Å². The van der Waals surface area contributed by atoms with Gasteiger partial charge in [-0.1, -0.05) is 18.2 Å². The molecule has 0 spiro atoms. The Bertz CT molecular complexity index is 1170. The van der Waals surface area contributed by atoms with Crippen molar-refractivity contribution in [1.29, 1.82) is 0 Å². The Kier molecular flexibility index (Phi) is 4.42. The molecule has 1 aliphatic heterocycles. The quantitative estimate of drug-likeness (QED) is 0.538. The second-order valence-corrected chi connectivity index (χ2v) is 7.62. The highest BCUT2D eigenvalue weighted by molar-refractivity contribution is 6.07. The van der Waals surface area contributed by atoms with Crippen LogP contribution in [0.5, 0.6) is 5.88 Å². The lowest BCUT2D eigenvalue weighted by atomic mass is 9.97. The molecule has 5 rings (SSSR count). The number of nitrogens with zero attached hydrogens (tertiary/aromatic N) is 5. The fraction of sp³-hybridized carbons (Fsp3) is 0.318. The number of para-hydroxylation sites is 1. The zero-order valence-corrected chi connectivity index (χ0v) is 16.4. The molecule has 29 heavy (non-hydrogen) atoms. The van der Waals surface area contributed by atoms with Gasteiger partial charge in [0.25, 0.3) is 5.91 Å². The number of imidazole rings is 1. The summed E-state index contributed by atoms with van der Waals surface area (Å²) < 4.78 is 9.63. The number of carbonyl (C=O) groups is 1. The zero-order valence-electron chi connectivity index (χ0n) is 16.4. The predicted octanol–water partition coefficient (Wildman–Crippen LogP) is 3.15. The normalized spacial score (nSPS) is 15.3. The first-order chi connectivity index (χ1) is 14.2. The number of piperidine rings is 1. The first-order valence-electron chi connectivity index (χ1n) is 9.95. The average molecular weight is 389 g/mol. The number of aryl methyl sites for hydroxylation is 1. The molecule has 0 atom stereocenters. The lowest BCUT2D eigenvalue weighted by molar-refractivity contribution is 0.0660. The molecular weight excluding hydrogens is 366 g/mol. The van der Waals surface area contributed by atoms with Crippen molar-refractivity contribution in [3.8, 4) is 5.88 Å². The molecule has 3 aromatic heterocycles. The van der Waals surface area contributed by atoms with Gasteiger partial charge < -0.3 is 14.2 Å². The second kappa shape index (κ2) is 7.24. The first-order valence-corrected chi connectivity index (χ1v) is 9.95. The highest BCUT2D eigenvalue weighted by Crippen LogP contribution is 2.25. The summed E-state index contributed by atoms with van der Waals surface area (Å²) in [5.41, 5.74) is 2.68. The van der Waals surface area contributed by atoms with E-state index in [1.54, 1.807) is 16.9 Å². The summed E-state index contributed by atoms with van der Waals surface area (Å²) in [5, 5.41) is 5.42. The van der Waals surface area contributed by atoms with E-state index in [9.17, 15) is 4.79 Å². The summed E-state index contributed by atoms with van der Waals surface area (Å²) in [7, 11) is 1.98. The molecule has 0 saturated carbocycles. The van der Waals surface area contributed by atoms with Crippen LogP contribution in [0.25, 0.3) is 16.6 Å². The van der Waals surface area contributed by atoms with Crippen LogP contribution in [0.2, 0.25) is 0 Å². The van der Waals surface area contributed by atoms with Gasteiger partial charge >= 0.3 is 0 Å². The zero-order chi connectivity index (χ0) is 19.8. The standard InChI is InChI=1S/C22H23N5O2/c1-25-14-18(17-4-2-3-5-19(17)25)22(28)26-11-8-16(9-12-26)15-29-21-7-6-20-23-10-13-27(20)24-21/h2-7,10,13-14,16H,8-9,11-12,15H2,1H3. The fourth-order valence-electron chi connectivity index (χ4n) is 4.06. The molecule has 1 aliphatic rings. The van der Waals surface area contributed by atoms with E-state index in [0.717, 1.165) is 48.0 Å². The van der Waals surface area contributed by atoms with Crippen LogP contribution in [-0.2, 0) is 7.05 Å². The van der Waals surface area contributed by atoms with E-state index in [1.165, 1.54) is 0 Å². The molecule has 0 unspecified atom stereocenters. The van der Waals surface area contributed by atoms with Crippen LogP contribution in [0.15, 0.2) is 55.0 Å². The number of fused-ring (bicyclic) bond motifs is 2. The molecule has 4 heterocycles. The smallest absolute Gasteiger partial charge is 0.256 e. The molecule has 0 bridgehead atoms. The lowest BCUT2D eigenvalue weighted by Gasteiger charge is -2.31. The van der Waals surface area contributed by atoms with Crippen molar-refractivity contribution in [2.24, 2.45) is 13.0 Å². The summed E-state index contributed by atoms with van der Waals surface area (Å²) in [4.78, 5) is 19.2. The van der Waals surface area contributed by atoms with Gasteiger partial charge in [-0.3, -0.25) is 4.79 Å². The third-order valence-electron chi connectivity index (χ3n) is 5.73. The minimum Gasteiger partial charge on any atom is -0.476 e. The van der Waals surface area contributed by atoms with Gasteiger partial charge in [0.15, 0.2) is 5.65 Å². The van der Waals surface area contributed by atoms with Gasteiger partial charge in [-0.2, -0.15) is 0 Å². The molecule has 0 aliphatic carbocycles. The van der Waals surface area contributed by atoms with Crippen molar-refractivity contribution in [1.82, 2.24) is 24.1 Å². The monoisotopic (exact) mass is 389 g/mol. The molecule has 148 valence electrons. The molecular formula is C22H23N5O2. The first kappa shape index (κ1) is 17.7. The van der Waals surface area contributed by atoms with Crippen LogP contribution in [-0.4, -0.2) is 49.7 Å². The van der Waals surface area contributed by atoms with E-state index in [2.05, 4.69) is 10.1 Å². The molecule has 0 radical (unpaired) electrons. The molecule has 1 saturated heterocycles. The number of benzene rings is 1. The molecule has 1 aromatic carbocycles. The molecule has 1 amide bonds. The topological polar surface area (TPSA) is 64.7 Å². The number of likely N-dealkylation sites (tertiary alicyclic amines) is 1. The summed E-state index contributed by atoms with van der Waals surface area (Å²) in [5.74, 6) is 1.14. The van der Waals surface area contributed by atoms with Gasteiger partial charge in [0.1, 0.15) is 0 Å². The number of carbonyl (C=O) groups excluding carboxylic acids is 1. The number of amides is 1. The van der Waals surface area contributed by atoms with E-state index >= 15 is 0 Å². The summed E-state index contributed by atoms with van der Waals surface area (Å²) in [6, 6.07) is 11.8. The molecule has 4 aromatic rings. The van der Waals surface area contributed by atoms with E-state index in [1.807, 2.05) is 59.1 Å². The Morgan fingerprint density at radius 3 is 2.86 bits per heavy atom. The van der Waals surface area contributed by atoms with Gasteiger partial charge in [-0.15, -0.1) is 5.10 Å². The average Bonchev–Trinajstić information content (AvgIpc) is 3.36. The molecule has 1 fully saturated rings. The Hall–Kier alpha value is -3.35. The van der Waals surface area contributed by atoms with Crippen LogP contribution >= 0.6 is 0 Å². The van der Waals surface area contributed by atoms with Gasteiger partial charge in [0.05, 0.1) is 12.2 Å². The maximum absolute atomic E-state index is 13.1. The third kappa shape index (κ3) is 3.33. The van der Waals surface area contributed by atoms with Crippen molar-refractivity contribution < 1.29 is 9.53 Å². The Morgan fingerprint density at radius 1 is 1.17 bits per heavy atom. The van der Waals surface area contributed by atoms with Crippen molar-refractivity contribution in [3.63, 3.8) is 0 Å². The van der Waals surface area contributed by atoms with Crippen LogP contribution in [0.3, 0.4) is 0 Å². The van der Waals surface area contributed by atoms with Gasteiger partial charge in [-0.25, -0.2) is 9.50 Å². The molecule has 7 nitrogen and oxygen atoms in total. The number of hydrogen-bond donors (Lipinski definition) is 0. The Labute approximate surface area is 168 Å². The Balaban J connectivity index is 1.20. The summed E-state index contributed by atoms with van der Waals surface area (Å²) >= 11 is 0. The minimum atomic E-state index is 0.119. The number of ether oxygens (including phenoxy) is 1. The van der Waals surface area contributed by atoms with Crippen molar-refractivity contribution >= 4 is 22.5 Å². The highest BCUT2D eigenvalue weighted by Gasteiger charge is 2.26. The van der Waals surface area contributed by atoms with Crippen molar-refractivity contribution in [2.45, 2.75) is 12.8 Å². The maximum atomic E-state index is 13.1. The number of hydrogen-bond acceptors (Lipinski definition) is 4. The molecule has 7 heteroatoms. The third-order valence-corrected chi connectivity index (χ3v) is 5.73. The van der Waals surface area contributed by atoms with E-state index in [-0.39, 0.29) is 5.91 Å². The van der Waals surface area contributed by atoms with Gasteiger partial charge in [-0.05, 0) is 30.9 Å². The molecule has 0 N–H and O–H groups in total. The summed E-state index contributed by atoms with van der Waals surface area (Å²) in [6.07, 6.45) is 7.34. The van der Waals surface area contributed by atoms with Crippen LogP contribution in [0, 0.1) is 5.92 Å². The maximum Gasteiger partial charge on any atom is 0.256 e. The van der Waals surface area contributed by atoms with Crippen molar-refractivity contribution in [2.75, 3.05) is 19.7 Å². The fourth-order valence-corrected chi connectivity index (χ4v) is 4.06.